The molecule has 0 fully saturated rings. The monoisotopic (exact) mass is 634 g/mol. The van der Waals surface area contributed by atoms with E-state index in [1.165, 1.54) is 49.4 Å². The van der Waals surface area contributed by atoms with Gasteiger partial charge in [0.05, 0.1) is 26.1 Å². The first kappa shape index (κ1) is 31.3. The van der Waals surface area contributed by atoms with E-state index in [1.54, 1.807) is 26.8 Å². The second-order valence-electron chi connectivity index (χ2n) is 10.5. The lowest BCUT2D eigenvalue weighted by Crippen LogP contribution is -2.24. The number of carbonyl (C=O) groups excluding carboxylic acids is 2. The standard InChI is InChI=1S/C30H26Cl2F2N2O5S/c1-6-14-30(33,34)23-15-17(2)20-16-22(36(27(20)35-23)42(39,40)18-10-8-7-9-11-18)26(37)24-21(31)13-12-19(25(24)32)28(38)41-29(3,4)5/h6-13,15-16H,1,14H2,2-5H3. The lowest BCUT2D eigenvalue weighted by molar-refractivity contribution is -0.00525. The van der Waals surface area contributed by atoms with Crippen molar-refractivity contribution in [2.24, 2.45) is 0 Å². The molecule has 2 aromatic carbocycles. The van der Waals surface area contributed by atoms with Crippen LogP contribution in [-0.4, -0.2) is 34.7 Å². The van der Waals surface area contributed by atoms with Crippen molar-refractivity contribution in [2.75, 3.05) is 0 Å². The second-order valence-corrected chi connectivity index (χ2v) is 13.1. The predicted octanol–water partition coefficient (Wildman–Crippen LogP) is 7.74. The molecule has 4 rings (SSSR count). The number of alkyl halides is 2. The highest BCUT2D eigenvalue weighted by Crippen LogP contribution is 2.37. The summed E-state index contributed by atoms with van der Waals surface area (Å²) >= 11 is 12.9. The van der Waals surface area contributed by atoms with Crippen LogP contribution in [0, 0.1) is 6.92 Å². The normalized spacial score (nSPS) is 12.4. The number of ketones is 1. The van der Waals surface area contributed by atoms with Crippen LogP contribution in [0.25, 0.3) is 11.0 Å². The highest BCUT2D eigenvalue weighted by Gasteiger charge is 2.36. The lowest BCUT2D eigenvalue weighted by atomic mass is 10.0. The molecule has 0 bridgehead atoms. The SMILES string of the molecule is C=CCC(F)(F)c1cc(C)c2cc(C(=O)c3c(Cl)ccc(C(=O)OC(C)(C)C)c3Cl)n(S(=O)(=O)c3ccccc3)c2n1. The van der Waals surface area contributed by atoms with Gasteiger partial charge in [-0.25, -0.2) is 22.2 Å². The molecule has 220 valence electrons. The Morgan fingerprint density at radius 2 is 1.71 bits per heavy atom. The molecule has 0 radical (unpaired) electrons. The Bertz CT molecular complexity index is 1850. The number of rotatable bonds is 8. The summed E-state index contributed by atoms with van der Waals surface area (Å²) in [5, 5.41) is -0.404. The average Bonchev–Trinajstić information content (AvgIpc) is 3.29. The molecule has 0 saturated carbocycles. The molecule has 42 heavy (non-hydrogen) atoms. The first-order chi connectivity index (χ1) is 19.5. The summed E-state index contributed by atoms with van der Waals surface area (Å²) in [5.41, 5.74) is -2.74. The number of fused-ring (bicyclic) bond motifs is 1. The fourth-order valence-corrected chi connectivity index (χ4v) is 6.35. The Morgan fingerprint density at radius 1 is 1.07 bits per heavy atom. The maximum absolute atomic E-state index is 15.0. The van der Waals surface area contributed by atoms with Crippen molar-refractivity contribution >= 4 is 56.0 Å². The quantitative estimate of drug-likeness (QED) is 0.112. The van der Waals surface area contributed by atoms with Crippen molar-refractivity contribution in [1.29, 1.82) is 0 Å². The van der Waals surface area contributed by atoms with Crippen molar-refractivity contribution in [3.8, 4) is 0 Å². The van der Waals surface area contributed by atoms with E-state index in [1.807, 2.05) is 0 Å². The molecule has 0 amide bonds. The van der Waals surface area contributed by atoms with E-state index in [2.05, 4.69) is 11.6 Å². The summed E-state index contributed by atoms with van der Waals surface area (Å²) < 4.78 is 63.9. The molecule has 0 aliphatic rings. The molecular weight excluding hydrogens is 609 g/mol. The van der Waals surface area contributed by atoms with Crippen LogP contribution < -0.4 is 0 Å². The number of hydrogen-bond acceptors (Lipinski definition) is 6. The molecule has 0 N–H and O–H groups in total. The van der Waals surface area contributed by atoms with E-state index in [-0.39, 0.29) is 37.0 Å². The number of nitrogens with zero attached hydrogens (tertiary/aromatic N) is 2. The van der Waals surface area contributed by atoms with Crippen molar-refractivity contribution in [3.63, 3.8) is 0 Å². The number of aryl methyl sites for hydroxylation is 1. The number of hydrogen-bond donors (Lipinski definition) is 0. The number of pyridine rings is 1. The first-order valence-corrected chi connectivity index (χ1v) is 14.8. The minimum atomic E-state index is -4.58. The highest BCUT2D eigenvalue weighted by atomic mass is 35.5. The molecule has 7 nitrogen and oxygen atoms in total. The van der Waals surface area contributed by atoms with Crippen LogP contribution in [0.3, 0.4) is 0 Å². The molecule has 0 unspecified atom stereocenters. The van der Waals surface area contributed by atoms with Crippen molar-refractivity contribution in [1.82, 2.24) is 8.96 Å². The summed E-state index contributed by atoms with van der Waals surface area (Å²) in [6.45, 7) is 9.80. The molecule has 2 heterocycles. The zero-order valence-electron chi connectivity index (χ0n) is 23.0. The summed E-state index contributed by atoms with van der Waals surface area (Å²) in [6.07, 6.45) is 0.281. The second kappa shape index (κ2) is 11.2. The lowest BCUT2D eigenvalue weighted by Gasteiger charge is -2.20. The Labute approximate surface area is 251 Å². The summed E-state index contributed by atoms with van der Waals surface area (Å²) in [5.74, 6) is -5.28. The van der Waals surface area contributed by atoms with Gasteiger partial charge in [-0.15, -0.1) is 6.58 Å². The van der Waals surface area contributed by atoms with Crippen LogP contribution in [0.2, 0.25) is 10.0 Å². The van der Waals surface area contributed by atoms with Gasteiger partial charge in [-0.3, -0.25) is 4.79 Å². The average molecular weight is 636 g/mol. The summed E-state index contributed by atoms with van der Waals surface area (Å²) in [7, 11) is -4.58. The maximum atomic E-state index is 15.0. The van der Waals surface area contributed by atoms with Crippen molar-refractivity contribution in [3.05, 3.63) is 105 Å². The largest absolute Gasteiger partial charge is 0.456 e. The molecule has 0 aliphatic heterocycles. The van der Waals surface area contributed by atoms with Crippen molar-refractivity contribution in [2.45, 2.75) is 50.5 Å². The third-order valence-corrected chi connectivity index (χ3v) is 8.59. The van der Waals surface area contributed by atoms with Gasteiger partial charge in [0.25, 0.3) is 15.9 Å². The van der Waals surface area contributed by atoms with Crippen LogP contribution in [0.1, 0.15) is 64.9 Å². The smallest absolute Gasteiger partial charge is 0.340 e. The number of halogens is 4. The fourth-order valence-electron chi connectivity index (χ4n) is 4.26. The van der Waals surface area contributed by atoms with Gasteiger partial charge in [-0.2, -0.15) is 8.78 Å². The molecular formula is C30H26Cl2F2N2O5S. The third-order valence-electron chi connectivity index (χ3n) is 6.16. The van der Waals surface area contributed by atoms with Gasteiger partial charge in [0.15, 0.2) is 5.65 Å². The molecule has 0 aliphatic carbocycles. The van der Waals surface area contributed by atoms with Crippen LogP contribution >= 0.6 is 23.2 Å². The Kier molecular flexibility index (Phi) is 8.39. The van der Waals surface area contributed by atoms with Crippen LogP contribution in [0.5, 0.6) is 0 Å². The van der Waals surface area contributed by atoms with Crippen molar-refractivity contribution < 1.29 is 31.5 Å². The van der Waals surface area contributed by atoms with E-state index >= 15 is 0 Å². The van der Waals surface area contributed by atoms with E-state index in [4.69, 9.17) is 27.9 Å². The van der Waals surface area contributed by atoms with Gasteiger partial charge < -0.3 is 4.74 Å². The van der Waals surface area contributed by atoms with Gasteiger partial charge in [-0.05, 0) is 69.7 Å². The molecule has 2 aromatic heterocycles. The molecule has 0 atom stereocenters. The van der Waals surface area contributed by atoms with E-state index in [0.717, 1.165) is 12.1 Å². The minimum Gasteiger partial charge on any atom is -0.456 e. The number of ether oxygens (including phenoxy) is 1. The van der Waals surface area contributed by atoms with Crippen LogP contribution in [-0.2, 0) is 20.7 Å². The third kappa shape index (κ3) is 5.84. The van der Waals surface area contributed by atoms with Gasteiger partial charge >= 0.3 is 5.97 Å². The van der Waals surface area contributed by atoms with E-state index in [0.29, 0.717) is 3.97 Å². The Hall–Kier alpha value is -3.60. The number of aromatic nitrogens is 2. The number of allylic oxidation sites excluding steroid dienone is 1. The molecule has 12 heteroatoms. The minimum absolute atomic E-state index is 0.131. The van der Waals surface area contributed by atoms with E-state index < -0.39 is 56.8 Å². The molecule has 4 aromatic rings. The van der Waals surface area contributed by atoms with Gasteiger partial charge in [0.1, 0.15) is 17.0 Å². The van der Waals surface area contributed by atoms with E-state index in [9.17, 15) is 26.8 Å². The van der Waals surface area contributed by atoms with Gasteiger partial charge in [-0.1, -0.05) is 47.5 Å². The zero-order valence-corrected chi connectivity index (χ0v) is 25.4. The first-order valence-electron chi connectivity index (χ1n) is 12.6. The Morgan fingerprint density at radius 3 is 2.31 bits per heavy atom. The fraction of sp³-hybridized carbons (Fsp3) is 0.233. The number of benzene rings is 2. The highest BCUT2D eigenvalue weighted by molar-refractivity contribution is 7.90. The van der Waals surface area contributed by atoms with Gasteiger partial charge in [0, 0.05) is 11.8 Å². The topological polar surface area (TPSA) is 95.3 Å². The number of esters is 1. The summed E-state index contributed by atoms with van der Waals surface area (Å²) in [6, 6.07) is 12.0. The van der Waals surface area contributed by atoms with Crippen LogP contribution in [0.4, 0.5) is 8.78 Å². The number of carbonyl (C=O) groups is 2. The summed E-state index contributed by atoms with van der Waals surface area (Å²) in [4.78, 5) is 30.8. The zero-order chi connectivity index (χ0) is 31.2. The maximum Gasteiger partial charge on any atom is 0.340 e. The molecule has 0 spiro atoms. The Balaban J connectivity index is 2.05. The van der Waals surface area contributed by atoms with Gasteiger partial charge in [0.2, 0.25) is 5.78 Å². The predicted molar refractivity (Wildman–Crippen MR) is 157 cm³/mol. The van der Waals surface area contributed by atoms with Crippen LogP contribution in [0.15, 0.2) is 72.1 Å². The molecule has 0 saturated heterocycles.